The van der Waals surface area contributed by atoms with Crippen molar-refractivity contribution >= 4 is 58.2 Å². The van der Waals surface area contributed by atoms with Gasteiger partial charge in [-0.25, -0.2) is 8.78 Å². The van der Waals surface area contributed by atoms with Crippen molar-refractivity contribution in [1.29, 1.82) is 0 Å². The van der Waals surface area contributed by atoms with Crippen molar-refractivity contribution in [1.82, 2.24) is 5.01 Å². The van der Waals surface area contributed by atoms with Crippen molar-refractivity contribution in [2.24, 2.45) is 23.7 Å². The molecule has 12 heteroatoms. The summed E-state index contributed by atoms with van der Waals surface area (Å²) >= 11 is 12.4. The van der Waals surface area contributed by atoms with Gasteiger partial charge < -0.3 is 5.11 Å². The minimum atomic E-state index is -1.67. The van der Waals surface area contributed by atoms with E-state index < -0.39 is 70.1 Å². The van der Waals surface area contributed by atoms with Crippen LogP contribution in [0, 0.1) is 35.3 Å². The van der Waals surface area contributed by atoms with Crippen LogP contribution in [0.4, 0.5) is 20.2 Å². The molecule has 2 saturated heterocycles. The van der Waals surface area contributed by atoms with E-state index in [2.05, 4.69) is 5.43 Å². The lowest BCUT2D eigenvalue weighted by Gasteiger charge is -2.50. The first-order valence-corrected chi connectivity index (χ1v) is 16.7. The van der Waals surface area contributed by atoms with E-state index in [9.17, 15) is 23.9 Å². The first-order chi connectivity index (χ1) is 24.0. The fourth-order valence-corrected chi connectivity index (χ4v) is 8.83. The number of carbonyl (C=O) groups excluding carboxylic acids is 4. The minimum Gasteiger partial charge on any atom is -0.505 e. The van der Waals surface area contributed by atoms with E-state index in [0.29, 0.717) is 32.4 Å². The van der Waals surface area contributed by atoms with Crippen LogP contribution < -0.4 is 10.3 Å². The molecule has 0 aromatic heterocycles. The van der Waals surface area contributed by atoms with Crippen molar-refractivity contribution in [3.05, 3.63) is 135 Å². The van der Waals surface area contributed by atoms with Gasteiger partial charge >= 0.3 is 0 Å². The molecular formula is C38H27Cl2F2N3O5. The molecule has 6 atom stereocenters. The number of anilines is 2. The van der Waals surface area contributed by atoms with Crippen LogP contribution in [0.15, 0.2) is 103 Å². The molecule has 1 saturated carbocycles. The second-order valence-corrected chi connectivity index (χ2v) is 13.9. The smallest absolute Gasteiger partial charge is 0.260 e. The Morgan fingerprint density at radius 3 is 2.10 bits per heavy atom. The number of imide groups is 2. The number of amides is 4. The van der Waals surface area contributed by atoms with Gasteiger partial charge in [0.1, 0.15) is 5.82 Å². The van der Waals surface area contributed by atoms with E-state index in [0.717, 1.165) is 16.0 Å². The second kappa shape index (κ2) is 11.8. The molecule has 2 aliphatic carbocycles. The molecule has 4 aromatic carbocycles. The standard InChI is InChI=1S/C38H27Cl2F2N3O5/c39-21-4-2-20(3-5-21)38-29(35(48)45(37(38)50)43-24-10-8-23(41)9-11-24)18-28-26(33(38)19-1-16-31(46)30(42)17-19)14-15-27-32(28)36(49)44(34(27)47)25-12-6-22(40)7-13-25/h1-14,16-17,27-29,32-33,43,46H,15,18H2/t27-,28+,29-,32-,33-,38+/m0/s1. The van der Waals surface area contributed by atoms with Gasteiger partial charge in [-0.15, -0.1) is 0 Å². The molecule has 2 N–H and O–H groups in total. The molecule has 252 valence electrons. The third-order valence-electron chi connectivity index (χ3n) is 10.6. The molecule has 8 nitrogen and oxygen atoms in total. The Bertz CT molecular complexity index is 2130. The number of rotatable bonds is 5. The lowest BCUT2D eigenvalue weighted by atomic mass is 9.49. The fraction of sp³-hybridized carbons (Fsp3) is 0.211. The van der Waals surface area contributed by atoms with Gasteiger partial charge in [-0.1, -0.05) is 53.1 Å². The first-order valence-electron chi connectivity index (χ1n) is 16.0. The van der Waals surface area contributed by atoms with E-state index >= 15 is 9.18 Å². The summed E-state index contributed by atoms with van der Waals surface area (Å²) in [5.41, 5.74) is 3.19. The van der Waals surface area contributed by atoms with E-state index in [4.69, 9.17) is 23.2 Å². The Balaban J connectivity index is 1.32. The Labute approximate surface area is 294 Å². The summed E-state index contributed by atoms with van der Waals surface area (Å²) in [6.07, 6.45) is 2.04. The highest BCUT2D eigenvalue weighted by atomic mass is 35.5. The number of hydrogen-bond acceptors (Lipinski definition) is 6. The van der Waals surface area contributed by atoms with E-state index in [-0.39, 0.29) is 24.4 Å². The molecule has 8 rings (SSSR count). The van der Waals surface area contributed by atoms with Gasteiger partial charge in [-0.2, -0.15) is 5.01 Å². The number of phenolic OH excluding ortho intramolecular Hbond substituents is 1. The van der Waals surface area contributed by atoms with Gasteiger partial charge in [0.2, 0.25) is 11.8 Å². The molecule has 0 radical (unpaired) electrons. The molecule has 2 aliphatic heterocycles. The van der Waals surface area contributed by atoms with Crippen LogP contribution in [0.25, 0.3) is 0 Å². The molecular weight excluding hydrogens is 687 g/mol. The molecule has 4 aromatic rings. The average molecular weight is 715 g/mol. The highest BCUT2D eigenvalue weighted by Crippen LogP contribution is 2.64. The lowest BCUT2D eigenvalue weighted by Crippen LogP contribution is -2.53. The number of hydrazine groups is 1. The quantitative estimate of drug-likeness (QED) is 0.168. The normalized spacial score (nSPS) is 27.2. The average Bonchev–Trinajstić information content (AvgIpc) is 3.48. The van der Waals surface area contributed by atoms with Crippen molar-refractivity contribution < 1.29 is 33.1 Å². The highest BCUT2D eigenvalue weighted by molar-refractivity contribution is 6.31. The SMILES string of the molecule is O=C1[C@@H]2C[C@@H]3C(=CC[C@@H]4C(=O)N(c5ccc(Cl)cc5)C(=O)[C@@H]43)[C@H](c3ccc(O)c(F)c3)[C@]2(c2ccc(Cl)cc2)C(=O)N1Nc1ccc(F)cc1. The molecule has 0 bridgehead atoms. The van der Waals surface area contributed by atoms with Crippen LogP contribution in [0.1, 0.15) is 29.9 Å². The van der Waals surface area contributed by atoms with Crippen LogP contribution in [-0.2, 0) is 24.6 Å². The Morgan fingerprint density at radius 1 is 0.780 bits per heavy atom. The Morgan fingerprint density at radius 2 is 1.44 bits per heavy atom. The van der Waals surface area contributed by atoms with Crippen molar-refractivity contribution in [2.45, 2.75) is 24.2 Å². The third kappa shape index (κ3) is 4.69. The zero-order valence-corrected chi connectivity index (χ0v) is 27.5. The number of nitrogens with zero attached hydrogens (tertiary/aromatic N) is 2. The summed E-state index contributed by atoms with van der Waals surface area (Å²) in [6.45, 7) is 0. The van der Waals surface area contributed by atoms with Crippen molar-refractivity contribution in [3.8, 4) is 5.75 Å². The van der Waals surface area contributed by atoms with Crippen LogP contribution in [0.3, 0.4) is 0 Å². The van der Waals surface area contributed by atoms with Gasteiger partial charge in [-0.05, 0) is 103 Å². The summed E-state index contributed by atoms with van der Waals surface area (Å²) < 4.78 is 29.0. The number of phenols is 1. The summed E-state index contributed by atoms with van der Waals surface area (Å²) in [4.78, 5) is 59.1. The molecule has 0 unspecified atom stereocenters. The summed E-state index contributed by atoms with van der Waals surface area (Å²) in [7, 11) is 0. The van der Waals surface area contributed by atoms with Crippen LogP contribution in [-0.4, -0.2) is 33.7 Å². The summed E-state index contributed by atoms with van der Waals surface area (Å²) in [6, 6.07) is 21.9. The maximum absolute atomic E-state index is 15.2. The maximum Gasteiger partial charge on any atom is 0.260 e. The predicted octanol–water partition coefficient (Wildman–Crippen LogP) is 7.17. The largest absolute Gasteiger partial charge is 0.505 e. The number of benzene rings is 4. The van der Waals surface area contributed by atoms with Gasteiger partial charge in [-0.3, -0.25) is 29.5 Å². The third-order valence-corrected chi connectivity index (χ3v) is 11.2. The molecule has 2 heterocycles. The van der Waals surface area contributed by atoms with Gasteiger partial charge in [0.05, 0.1) is 34.5 Å². The number of fused-ring (bicyclic) bond motifs is 4. The summed E-state index contributed by atoms with van der Waals surface area (Å²) in [5, 5.41) is 11.9. The number of aromatic hydroxyl groups is 1. The second-order valence-electron chi connectivity index (χ2n) is 13.1. The first kappa shape index (κ1) is 32.2. The molecule has 4 aliphatic rings. The number of carbonyl (C=O) groups is 4. The fourth-order valence-electron chi connectivity index (χ4n) is 8.58. The zero-order valence-electron chi connectivity index (χ0n) is 26.0. The lowest BCUT2D eigenvalue weighted by molar-refractivity contribution is -0.138. The number of hydrogen-bond donors (Lipinski definition) is 2. The number of nitrogens with one attached hydrogen (secondary N) is 1. The topological polar surface area (TPSA) is 107 Å². The van der Waals surface area contributed by atoms with E-state index in [1.54, 1.807) is 48.5 Å². The van der Waals surface area contributed by atoms with Gasteiger partial charge in [0.15, 0.2) is 11.6 Å². The molecule has 4 amide bonds. The summed E-state index contributed by atoms with van der Waals surface area (Å²) in [5.74, 6) is -8.49. The number of allylic oxidation sites excluding steroid dienone is 2. The van der Waals surface area contributed by atoms with Crippen molar-refractivity contribution in [2.75, 3.05) is 10.3 Å². The van der Waals surface area contributed by atoms with E-state index in [1.807, 2.05) is 6.08 Å². The molecule has 3 fully saturated rings. The highest BCUT2D eigenvalue weighted by Gasteiger charge is 2.70. The van der Waals surface area contributed by atoms with Gasteiger partial charge in [0.25, 0.3) is 11.8 Å². The molecule has 50 heavy (non-hydrogen) atoms. The van der Waals surface area contributed by atoms with Crippen LogP contribution in [0.2, 0.25) is 10.0 Å². The predicted molar refractivity (Wildman–Crippen MR) is 181 cm³/mol. The van der Waals surface area contributed by atoms with E-state index in [1.165, 1.54) is 36.4 Å². The van der Waals surface area contributed by atoms with Crippen LogP contribution in [0.5, 0.6) is 5.75 Å². The molecule has 0 spiro atoms. The zero-order chi connectivity index (χ0) is 35.1. The van der Waals surface area contributed by atoms with Gasteiger partial charge in [0, 0.05) is 16.0 Å². The Kier molecular flexibility index (Phi) is 7.58. The maximum atomic E-state index is 15.2. The number of halogens is 4. The monoisotopic (exact) mass is 713 g/mol. The van der Waals surface area contributed by atoms with Crippen LogP contribution >= 0.6 is 23.2 Å². The minimum absolute atomic E-state index is 0.0202. The Hall–Kier alpha value is -5.06. The van der Waals surface area contributed by atoms with Crippen molar-refractivity contribution in [3.63, 3.8) is 0 Å².